The van der Waals surface area contributed by atoms with E-state index in [1.165, 1.54) is 5.37 Å². The largest absolute Gasteiger partial charge is 0.444 e. The van der Waals surface area contributed by atoms with E-state index in [2.05, 4.69) is 0 Å². The molecule has 6 heteroatoms. The van der Waals surface area contributed by atoms with Crippen molar-refractivity contribution < 1.29 is 14.6 Å². The van der Waals surface area contributed by atoms with Crippen LogP contribution in [0.2, 0.25) is 0 Å². The van der Waals surface area contributed by atoms with Gasteiger partial charge in [-0.2, -0.15) is 0 Å². The lowest BCUT2D eigenvalue weighted by Gasteiger charge is -2.39. The number of amides is 1. The molecule has 0 spiro atoms. The highest BCUT2D eigenvalue weighted by atomic mass is 32.1. The molecule has 1 amide bonds. The Kier molecular flexibility index (Phi) is 5.75. The Morgan fingerprint density at radius 1 is 1.43 bits per heavy atom. The van der Waals surface area contributed by atoms with Crippen LogP contribution in [0.15, 0.2) is 11.3 Å². The highest BCUT2D eigenvalue weighted by molar-refractivity contribution is 7.79. The molecule has 120 valence electrons. The number of piperidine rings is 1. The van der Waals surface area contributed by atoms with Crippen LogP contribution < -0.4 is 5.73 Å². The Balaban J connectivity index is 2.60. The lowest BCUT2D eigenvalue weighted by Crippen LogP contribution is -2.48. The van der Waals surface area contributed by atoms with E-state index in [0.717, 1.165) is 5.57 Å². The van der Waals surface area contributed by atoms with Gasteiger partial charge in [-0.3, -0.25) is 0 Å². The SMILES string of the molecule is CC(N)=C(C=S)CC1(O)CCN(C(=O)OC(C)(C)C)CC1. The van der Waals surface area contributed by atoms with E-state index < -0.39 is 11.2 Å². The van der Waals surface area contributed by atoms with Crippen molar-refractivity contribution in [3.63, 3.8) is 0 Å². The van der Waals surface area contributed by atoms with E-state index in [1.807, 2.05) is 20.8 Å². The van der Waals surface area contributed by atoms with Crippen LogP contribution in [0.25, 0.3) is 0 Å². The van der Waals surface area contributed by atoms with Gasteiger partial charge in [0.05, 0.1) is 5.60 Å². The number of carbonyl (C=O) groups excluding carboxylic acids is 1. The summed E-state index contributed by atoms with van der Waals surface area (Å²) in [6, 6.07) is 0. The van der Waals surface area contributed by atoms with Gasteiger partial charge in [0.1, 0.15) is 5.60 Å². The zero-order valence-electron chi connectivity index (χ0n) is 13.3. The average Bonchev–Trinajstić information content (AvgIpc) is 2.34. The first kappa shape index (κ1) is 17.9. The predicted molar refractivity (Wildman–Crippen MR) is 87.2 cm³/mol. The van der Waals surface area contributed by atoms with Crippen LogP contribution in [-0.2, 0) is 4.74 Å². The van der Waals surface area contributed by atoms with Crippen LogP contribution in [0, 0.1) is 0 Å². The van der Waals surface area contributed by atoms with Crippen molar-refractivity contribution in [1.82, 2.24) is 4.90 Å². The minimum atomic E-state index is -0.857. The van der Waals surface area contributed by atoms with Crippen LogP contribution >= 0.6 is 12.2 Å². The molecule has 1 rings (SSSR count). The third-order valence-electron chi connectivity index (χ3n) is 3.51. The Morgan fingerprint density at radius 3 is 2.33 bits per heavy atom. The first-order valence-corrected chi connectivity index (χ1v) is 7.64. The number of nitrogens with zero attached hydrogens (tertiary/aromatic N) is 1. The molecule has 0 aromatic carbocycles. The molecule has 5 nitrogen and oxygen atoms in total. The molecular formula is C15H26N2O3S. The third-order valence-corrected chi connectivity index (χ3v) is 3.80. The van der Waals surface area contributed by atoms with E-state index in [4.69, 9.17) is 22.7 Å². The lowest BCUT2D eigenvalue weighted by molar-refractivity contribution is -0.0308. The van der Waals surface area contributed by atoms with Gasteiger partial charge in [-0.1, -0.05) is 12.2 Å². The zero-order valence-corrected chi connectivity index (χ0v) is 14.1. The second kappa shape index (κ2) is 6.75. The fourth-order valence-electron chi connectivity index (χ4n) is 2.24. The van der Waals surface area contributed by atoms with Crippen molar-refractivity contribution in [2.45, 2.75) is 58.2 Å². The first-order chi connectivity index (χ1) is 9.56. The van der Waals surface area contributed by atoms with Crippen molar-refractivity contribution in [3.05, 3.63) is 11.3 Å². The van der Waals surface area contributed by atoms with Crippen LogP contribution in [0.5, 0.6) is 0 Å². The smallest absolute Gasteiger partial charge is 0.410 e. The van der Waals surface area contributed by atoms with Crippen LogP contribution in [-0.4, -0.2) is 45.8 Å². The summed E-state index contributed by atoms with van der Waals surface area (Å²) >= 11 is 4.93. The van der Waals surface area contributed by atoms with Gasteiger partial charge in [0.2, 0.25) is 0 Å². The highest BCUT2D eigenvalue weighted by Crippen LogP contribution is 2.29. The van der Waals surface area contributed by atoms with Gasteiger partial charge in [-0.25, -0.2) is 4.79 Å². The van der Waals surface area contributed by atoms with Crippen LogP contribution in [0.4, 0.5) is 4.79 Å². The summed E-state index contributed by atoms with van der Waals surface area (Å²) in [5, 5.41) is 12.1. The van der Waals surface area contributed by atoms with E-state index in [9.17, 15) is 9.90 Å². The topological polar surface area (TPSA) is 75.8 Å². The quantitative estimate of drug-likeness (QED) is 0.618. The van der Waals surface area contributed by atoms with Crippen molar-refractivity contribution in [2.75, 3.05) is 13.1 Å². The summed E-state index contributed by atoms with van der Waals surface area (Å²) in [5.74, 6) is 0. The number of allylic oxidation sites excluding steroid dienone is 1. The number of hydrogen-bond acceptors (Lipinski definition) is 5. The second-order valence-electron chi connectivity index (χ2n) is 6.69. The molecule has 0 aromatic rings. The molecule has 0 aromatic heterocycles. The molecule has 0 aliphatic carbocycles. The molecule has 0 unspecified atom stereocenters. The Hall–Kier alpha value is -1.14. The normalized spacial score (nSPS) is 19.8. The molecule has 0 radical (unpaired) electrons. The molecule has 1 heterocycles. The Labute approximate surface area is 132 Å². The summed E-state index contributed by atoms with van der Waals surface area (Å²) in [7, 11) is 0. The molecule has 1 saturated heterocycles. The Morgan fingerprint density at radius 2 is 1.95 bits per heavy atom. The minimum absolute atomic E-state index is 0.329. The summed E-state index contributed by atoms with van der Waals surface area (Å²) in [6.07, 6.45) is 1.09. The van der Waals surface area contributed by atoms with E-state index in [0.29, 0.717) is 38.0 Å². The van der Waals surface area contributed by atoms with Gasteiger partial charge in [-0.15, -0.1) is 0 Å². The predicted octanol–water partition coefficient (Wildman–Crippen LogP) is 2.37. The summed E-state index contributed by atoms with van der Waals surface area (Å²) in [4.78, 5) is 13.6. The molecule has 0 saturated carbocycles. The minimum Gasteiger partial charge on any atom is -0.444 e. The molecule has 0 atom stereocenters. The van der Waals surface area contributed by atoms with E-state index in [1.54, 1.807) is 11.8 Å². The Bertz CT molecular complexity index is 429. The monoisotopic (exact) mass is 314 g/mol. The fraction of sp³-hybridized carbons (Fsp3) is 0.733. The fourth-order valence-corrected chi connectivity index (χ4v) is 2.51. The number of aliphatic hydroxyl groups is 1. The molecule has 1 aliphatic rings. The molecule has 3 N–H and O–H groups in total. The van der Waals surface area contributed by atoms with Crippen molar-refractivity contribution in [1.29, 1.82) is 0 Å². The number of carbonyl (C=O) groups is 1. The molecule has 1 aliphatic heterocycles. The maximum atomic E-state index is 12.0. The van der Waals surface area contributed by atoms with Gasteiger partial charge < -0.3 is 20.5 Å². The lowest BCUT2D eigenvalue weighted by atomic mass is 9.85. The average molecular weight is 314 g/mol. The third kappa shape index (κ3) is 5.63. The maximum absolute atomic E-state index is 12.0. The van der Waals surface area contributed by atoms with Crippen LogP contribution in [0.3, 0.4) is 0 Å². The molecule has 21 heavy (non-hydrogen) atoms. The van der Waals surface area contributed by atoms with Crippen LogP contribution in [0.1, 0.15) is 47.0 Å². The van der Waals surface area contributed by atoms with E-state index >= 15 is 0 Å². The van der Waals surface area contributed by atoms with Crippen molar-refractivity contribution in [3.8, 4) is 0 Å². The molecule has 0 bridgehead atoms. The number of nitrogens with two attached hydrogens (primary N) is 1. The molecular weight excluding hydrogens is 288 g/mol. The number of ether oxygens (including phenoxy) is 1. The highest BCUT2D eigenvalue weighted by Gasteiger charge is 2.35. The summed E-state index contributed by atoms with van der Waals surface area (Å²) in [6.45, 7) is 8.24. The molecule has 1 fully saturated rings. The van der Waals surface area contributed by atoms with Gasteiger partial charge in [0.25, 0.3) is 0 Å². The number of thiocarbonyl (C=S) groups is 1. The summed E-state index contributed by atoms with van der Waals surface area (Å²) in [5.41, 5.74) is 5.81. The number of likely N-dealkylation sites (tertiary alicyclic amines) is 1. The standard InChI is InChI=1S/C15H26N2O3S/c1-11(16)12(10-21)9-15(19)5-7-17(8-6-15)13(18)20-14(2,3)4/h10,19H,5-9,16H2,1-4H3. The maximum Gasteiger partial charge on any atom is 0.410 e. The van der Waals surface area contributed by atoms with E-state index in [-0.39, 0.29) is 6.09 Å². The summed E-state index contributed by atoms with van der Waals surface area (Å²) < 4.78 is 5.34. The number of hydrogen-bond donors (Lipinski definition) is 2. The first-order valence-electron chi connectivity index (χ1n) is 7.17. The van der Waals surface area contributed by atoms with Crippen molar-refractivity contribution in [2.24, 2.45) is 5.73 Å². The zero-order chi connectivity index (χ0) is 16.3. The number of rotatable bonds is 3. The van der Waals surface area contributed by atoms with Gasteiger partial charge >= 0.3 is 6.09 Å². The second-order valence-corrected chi connectivity index (χ2v) is 6.93. The van der Waals surface area contributed by atoms with Crippen molar-refractivity contribution >= 4 is 23.7 Å². The van der Waals surface area contributed by atoms with Gasteiger partial charge in [0, 0.05) is 30.6 Å². The van der Waals surface area contributed by atoms with Gasteiger partial charge in [-0.05, 0) is 46.1 Å². The van der Waals surface area contributed by atoms with Gasteiger partial charge in [0.15, 0.2) is 0 Å².